The van der Waals surface area contributed by atoms with Gasteiger partial charge in [-0.3, -0.25) is 0 Å². The summed E-state index contributed by atoms with van der Waals surface area (Å²) in [6.07, 6.45) is 3.62. The van der Waals surface area contributed by atoms with Crippen molar-refractivity contribution in [2.24, 2.45) is 0 Å². The van der Waals surface area contributed by atoms with E-state index in [2.05, 4.69) is 62.4 Å². The quantitative estimate of drug-likeness (QED) is 0.732. The molecule has 0 heterocycles. The van der Waals surface area contributed by atoms with E-state index in [1.54, 1.807) is 0 Å². The number of fused-ring (bicyclic) bond motifs is 1. The lowest BCUT2D eigenvalue weighted by Crippen LogP contribution is -2.03. The first kappa shape index (κ1) is 13.2. The van der Waals surface area contributed by atoms with E-state index in [4.69, 9.17) is 4.74 Å². The van der Waals surface area contributed by atoms with E-state index in [0.29, 0.717) is 5.92 Å². The van der Waals surface area contributed by atoms with E-state index in [1.165, 1.54) is 23.1 Å². The minimum Gasteiger partial charge on any atom is -0.486 e. The molecule has 0 saturated carbocycles. The summed E-state index contributed by atoms with van der Waals surface area (Å²) in [4.78, 5) is 0. The predicted octanol–water partition coefficient (Wildman–Crippen LogP) is 5.27. The molecule has 1 nitrogen and oxygen atoms in total. The molecule has 3 rings (SSSR count). The summed E-state index contributed by atoms with van der Waals surface area (Å²) in [6, 6.07) is 17.2. The van der Waals surface area contributed by atoms with Crippen LogP contribution in [0.5, 0.6) is 5.75 Å². The largest absolute Gasteiger partial charge is 0.486 e. The van der Waals surface area contributed by atoms with Gasteiger partial charge in [-0.15, -0.1) is 0 Å². The Morgan fingerprint density at radius 1 is 1.10 bits per heavy atom. The van der Waals surface area contributed by atoms with E-state index >= 15 is 0 Å². The second-order valence-corrected chi connectivity index (χ2v) is 5.72. The minimum atomic E-state index is 0.223. The van der Waals surface area contributed by atoms with Gasteiger partial charge in [0.25, 0.3) is 0 Å². The number of benzene rings is 2. The van der Waals surface area contributed by atoms with Crippen LogP contribution in [0.25, 0.3) is 0 Å². The van der Waals surface area contributed by atoms with Crippen LogP contribution in [0.1, 0.15) is 55.4 Å². The van der Waals surface area contributed by atoms with Crippen molar-refractivity contribution >= 4 is 0 Å². The number of aryl methyl sites for hydroxylation is 1. The monoisotopic (exact) mass is 266 g/mol. The average Bonchev–Trinajstić information content (AvgIpc) is 2.91. The topological polar surface area (TPSA) is 9.23 Å². The van der Waals surface area contributed by atoms with Gasteiger partial charge in [0.1, 0.15) is 11.9 Å². The molecule has 0 saturated heterocycles. The number of hydrogen-bond acceptors (Lipinski definition) is 1. The molecular formula is C19H22O. The van der Waals surface area contributed by atoms with Crippen LogP contribution in [-0.4, -0.2) is 0 Å². The van der Waals surface area contributed by atoms with E-state index < -0.39 is 0 Å². The fourth-order valence-electron chi connectivity index (χ4n) is 2.92. The standard InChI is InChI=1S/C19H22O/c1-3-14(2)15-8-11-17(12-9-15)20-19-13-10-16-6-4-5-7-18(16)19/h4-9,11-12,14,19H,3,10,13H2,1-2H3. The zero-order valence-corrected chi connectivity index (χ0v) is 12.3. The summed E-state index contributed by atoms with van der Waals surface area (Å²) < 4.78 is 6.17. The van der Waals surface area contributed by atoms with Crippen molar-refractivity contribution in [1.82, 2.24) is 0 Å². The lowest BCUT2D eigenvalue weighted by Gasteiger charge is -2.16. The summed E-state index contributed by atoms with van der Waals surface area (Å²) in [6.45, 7) is 4.49. The molecule has 0 fully saturated rings. The van der Waals surface area contributed by atoms with Crippen LogP contribution < -0.4 is 4.74 Å². The van der Waals surface area contributed by atoms with Gasteiger partial charge in [0.05, 0.1) is 0 Å². The van der Waals surface area contributed by atoms with Gasteiger partial charge in [-0.05, 0) is 54.0 Å². The van der Waals surface area contributed by atoms with Crippen LogP contribution in [0.4, 0.5) is 0 Å². The lowest BCUT2D eigenvalue weighted by atomic mass is 9.99. The van der Waals surface area contributed by atoms with Gasteiger partial charge in [-0.25, -0.2) is 0 Å². The highest BCUT2D eigenvalue weighted by Crippen LogP contribution is 2.35. The van der Waals surface area contributed by atoms with Crippen LogP contribution in [-0.2, 0) is 6.42 Å². The first-order valence-electron chi connectivity index (χ1n) is 7.62. The van der Waals surface area contributed by atoms with E-state index in [-0.39, 0.29) is 6.10 Å². The SMILES string of the molecule is CCC(C)c1ccc(OC2CCc3ccccc32)cc1. The lowest BCUT2D eigenvalue weighted by molar-refractivity contribution is 0.207. The fraction of sp³-hybridized carbons (Fsp3) is 0.368. The molecule has 2 unspecified atom stereocenters. The van der Waals surface area contributed by atoms with Gasteiger partial charge in [0.2, 0.25) is 0 Å². The average molecular weight is 266 g/mol. The van der Waals surface area contributed by atoms with Crippen LogP contribution >= 0.6 is 0 Å². The molecule has 0 aromatic heterocycles. The Hall–Kier alpha value is -1.76. The number of hydrogen-bond donors (Lipinski definition) is 0. The second-order valence-electron chi connectivity index (χ2n) is 5.72. The van der Waals surface area contributed by atoms with Gasteiger partial charge < -0.3 is 4.74 Å². The Labute approximate surface area is 121 Å². The molecule has 0 spiro atoms. The molecule has 2 atom stereocenters. The maximum absolute atomic E-state index is 6.17. The summed E-state index contributed by atoms with van der Waals surface area (Å²) >= 11 is 0. The van der Waals surface area contributed by atoms with Gasteiger partial charge in [0, 0.05) is 0 Å². The molecule has 0 aliphatic heterocycles. The molecular weight excluding hydrogens is 244 g/mol. The summed E-state index contributed by atoms with van der Waals surface area (Å²) in [5.41, 5.74) is 4.19. The van der Waals surface area contributed by atoms with E-state index in [9.17, 15) is 0 Å². The summed E-state index contributed by atoms with van der Waals surface area (Å²) in [7, 11) is 0. The van der Waals surface area contributed by atoms with E-state index in [1.807, 2.05) is 0 Å². The Balaban J connectivity index is 1.73. The van der Waals surface area contributed by atoms with Gasteiger partial charge in [-0.1, -0.05) is 50.2 Å². The molecule has 1 aliphatic rings. The fourth-order valence-corrected chi connectivity index (χ4v) is 2.92. The third kappa shape index (κ3) is 2.58. The first-order chi connectivity index (χ1) is 9.78. The van der Waals surface area contributed by atoms with Gasteiger partial charge in [-0.2, -0.15) is 0 Å². The normalized spacial score (nSPS) is 18.6. The highest BCUT2D eigenvalue weighted by Gasteiger charge is 2.23. The van der Waals surface area contributed by atoms with Crippen molar-refractivity contribution in [1.29, 1.82) is 0 Å². The third-order valence-electron chi connectivity index (χ3n) is 4.42. The van der Waals surface area contributed by atoms with Crippen molar-refractivity contribution in [3.05, 3.63) is 65.2 Å². The maximum atomic E-state index is 6.17. The summed E-state index contributed by atoms with van der Waals surface area (Å²) in [5.74, 6) is 1.61. The zero-order chi connectivity index (χ0) is 13.9. The van der Waals surface area contributed by atoms with Crippen molar-refractivity contribution in [2.45, 2.75) is 45.1 Å². The van der Waals surface area contributed by atoms with Crippen LogP contribution in [0.3, 0.4) is 0 Å². The Kier molecular flexibility index (Phi) is 3.77. The number of rotatable bonds is 4. The number of ether oxygens (including phenoxy) is 1. The van der Waals surface area contributed by atoms with Crippen LogP contribution in [0.15, 0.2) is 48.5 Å². The van der Waals surface area contributed by atoms with Crippen molar-refractivity contribution < 1.29 is 4.74 Å². The van der Waals surface area contributed by atoms with E-state index in [0.717, 1.165) is 18.6 Å². The minimum absolute atomic E-state index is 0.223. The second kappa shape index (κ2) is 5.70. The Bertz CT molecular complexity index is 571. The summed E-state index contributed by atoms with van der Waals surface area (Å²) in [5, 5.41) is 0. The van der Waals surface area contributed by atoms with Crippen LogP contribution in [0, 0.1) is 0 Å². The molecule has 0 amide bonds. The van der Waals surface area contributed by atoms with Crippen molar-refractivity contribution in [3.8, 4) is 5.75 Å². The maximum Gasteiger partial charge on any atom is 0.124 e. The molecule has 0 bridgehead atoms. The molecule has 2 aromatic rings. The van der Waals surface area contributed by atoms with Crippen LogP contribution in [0.2, 0.25) is 0 Å². The molecule has 0 N–H and O–H groups in total. The molecule has 1 aliphatic carbocycles. The third-order valence-corrected chi connectivity index (χ3v) is 4.42. The van der Waals surface area contributed by atoms with Crippen molar-refractivity contribution in [3.63, 3.8) is 0 Å². The smallest absolute Gasteiger partial charge is 0.124 e. The molecule has 1 heteroatoms. The van der Waals surface area contributed by atoms with Gasteiger partial charge in [0.15, 0.2) is 0 Å². The zero-order valence-electron chi connectivity index (χ0n) is 12.3. The predicted molar refractivity (Wildman–Crippen MR) is 83.3 cm³/mol. The Morgan fingerprint density at radius 3 is 2.60 bits per heavy atom. The molecule has 2 aromatic carbocycles. The van der Waals surface area contributed by atoms with Crippen molar-refractivity contribution in [2.75, 3.05) is 0 Å². The Morgan fingerprint density at radius 2 is 1.85 bits per heavy atom. The highest BCUT2D eigenvalue weighted by molar-refractivity contribution is 5.35. The first-order valence-corrected chi connectivity index (χ1v) is 7.62. The molecule has 0 radical (unpaired) electrons. The molecule has 104 valence electrons. The molecule has 20 heavy (non-hydrogen) atoms. The van der Waals surface area contributed by atoms with Gasteiger partial charge >= 0.3 is 0 Å². The highest BCUT2D eigenvalue weighted by atomic mass is 16.5.